The molecule has 1 aliphatic heterocycles. The number of rotatable bonds is 5. The zero-order valence-electron chi connectivity index (χ0n) is 14.5. The van der Waals surface area contributed by atoms with Crippen molar-refractivity contribution in [2.24, 2.45) is 5.92 Å². The van der Waals surface area contributed by atoms with E-state index in [9.17, 15) is 9.90 Å². The largest absolute Gasteiger partial charge is 0.508 e. The Morgan fingerprint density at radius 3 is 2.44 bits per heavy atom. The molecule has 1 atom stereocenters. The SMILES string of the molecule is CC(C)C(NC(=O)Cc1ccc(O)cc1)c1ccc2c(c1)OCCO2. The summed E-state index contributed by atoms with van der Waals surface area (Å²) in [6.07, 6.45) is 0.272. The molecule has 3 rings (SSSR count). The molecular formula is C20H23NO4. The van der Waals surface area contributed by atoms with Gasteiger partial charge in [0, 0.05) is 0 Å². The smallest absolute Gasteiger partial charge is 0.224 e. The van der Waals surface area contributed by atoms with Gasteiger partial charge in [0.15, 0.2) is 11.5 Å². The molecule has 1 aliphatic rings. The number of aromatic hydroxyl groups is 1. The molecule has 0 fully saturated rings. The Morgan fingerprint density at radius 1 is 1.08 bits per heavy atom. The molecule has 0 aliphatic carbocycles. The summed E-state index contributed by atoms with van der Waals surface area (Å²) in [4.78, 5) is 12.4. The topological polar surface area (TPSA) is 67.8 Å². The van der Waals surface area contributed by atoms with Crippen molar-refractivity contribution in [3.63, 3.8) is 0 Å². The van der Waals surface area contributed by atoms with Crippen LogP contribution in [0.15, 0.2) is 42.5 Å². The lowest BCUT2D eigenvalue weighted by Gasteiger charge is -2.25. The molecular weight excluding hydrogens is 318 g/mol. The summed E-state index contributed by atoms with van der Waals surface area (Å²) < 4.78 is 11.2. The first-order chi connectivity index (χ1) is 12.0. The lowest BCUT2D eigenvalue weighted by atomic mass is 9.95. The molecule has 1 unspecified atom stereocenters. The number of phenols is 1. The summed E-state index contributed by atoms with van der Waals surface area (Å²) >= 11 is 0. The van der Waals surface area contributed by atoms with E-state index in [2.05, 4.69) is 19.2 Å². The van der Waals surface area contributed by atoms with Crippen LogP contribution in [0.1, 0.15) is 31.0 Å². The zero-order chi connectivity index (χ0) is 17.8. The first-order valence-electron chi connectivity index (χ1n) is 8.50. The predicted octanol–water partition coefficient (Wildman–Crippen LogP) is 3.22. The van der Waals surface area contributed by atoms with Crippen LogP contribution in [-0.2, 0) is 11.2 Å². The van der Waals surface area contributed by atoms with Gasteiger partial charge in [-0.15, -0.1) is 0 Å². The molecule has 1 amide bonds. The molecule has 2 N–H and O–H groups in total. The number of ether oxygens (including phenoxy) is 2. The highest BCUT2D eigenvalue weighted by atomic mass is 16.6. The van der Waals surface area contributed by atoms with Crippen molar-refractivity contribution in [3.8, 4) is 17.2 Å². The number of fused-ring (bicyclic) bond motifs is 1. The lowest BCUT2D eigenvalue weighted by Crippen LogP contribution is -2.33. The van der Waals surface area contributed by atoms with E-state index in [-0.39, 0.29) is 30.0 Å². The van der Waals surface area contributed by atoms with Crippen LogP contribution in [0, 0.1) is 5.92 Å². The molecule has 2 aromatic rings. The highest BCUT2D eigenvalue weighted by molar-refractivity contribution is 5.79. The first-order valence-corrected chi connectivity index (χ1v) is 8.50. The maximum Gasteiger partial charge on any atom is 0.224 e. The summed E-state index contributed by atoms with van der Waals surface area (Å²) in [5, 5.41) is 12.4. The van der Waals surface area contributed by atoms with Crippen molar-refractivity contribution >= 4 is 5.91 Å². The third kappa shape index (κ3) is 4.24. The average Bonchev–Trinajstić information content (AvgIpc) is 2.61. The molecule has 2 aromatic carbocycles. The molecule has 0 spiro atoms. The minimum atomic E-state index is -0.111. The number of carbonyl (C=O) groups is 1. The number of benzene rings is 2. The number of nitrogens with one attached hydrogen (secondary N) is 1. The van der Waals surface area contributed by atoms with Gasteiger partial charge < -0.3 is 19.9 Å². The molecule has 0 bridgehead atoms. The van der Waals surface area contributed by atoms with Crippen LogP contribution < -0.4 is 14.8 Å². The van der Waals surface area contributed by atoms with E-state index < -0.39 is 0 Å². The molecule has 5 nitrogen and oxygen atoms in total. The second kappa shape index (κ2) is 7.47. The Labute approximate surface area is 147 Å². The van der Waals surface area contributed by atoms with Crippen LogP contribution in [-0.4, -0.2) is 24.2 Å². The quantitative estimate of drug-likeness (QED) is 0.876. The summed E-state index contributed by atoms with van der Waals surface area (Å²) in [6, 6.07) is 12.4. The Hall–Kier alpha value is -2.69. The van der Waals surface area contributed by atoms with Gasteiger partial charge in [-0.2, -0.15) is 0 Å². The van der Waals surface area contributed by atoms with E-state index in [1.807, 2.05) is 18.2 Å². The van der Waals surface area contributed by atoms with Crippen molar-refractivity contribution in [1.29, 1.82) is 0 Å². The second-order valence-corrected chi connectivity index (χ2v) is 6.54. The van der Waals surface area contributed by atoms with Gasteiger partial charge in [0.2, 0.25) is 5.91 Å². The normalized spacial score (nSPS) is 14.2. The van der Waals surface area contributed by atoms with Gasteiger partial charge in [-0.3, -0.25) is 4.79 Å². The fraction of sp³-hybridized carbons (Fsp3) is 0.350. The van der Waals surface area contributed by atoms with Gasteiger partial charge in [-0.1, -0.05) is 32.0 Å². The van der Waals surface area contributed by atoms with E-state index in [4.69, 9.17) is 9.47 Å². The Bertz CT molecular complexity index is 740. The van der Waals surface area contributed by atoms with Gasteiger partial charge in [-0.25, -0.2) is 0 Å². The van der Waals surface area contributed by atoms with Gasteiger partial charge in [0.25, 0.3) is 0 Å². The van der Waals surface area contributed by atoms with Crippen molar-refractivity contribution in [2.45, 2.75) is 26.3 Å². The first kappa shape index (κ1) is 17.1. The maximum atomic E-state index is 12.4. The van der Waals surface area contributed by atoms with Crippen molar-refractivity contribution in [3.05, 3.63) is 53.6 Å². The molecule has 25 heavy (non-hydrogen) atoms. The fourth-order valence-corrected chi connectivity index (χ4v) is 2.91. The monoisotopic (exact) mass is 341 g/mol. The summed E-state index contributed by atoms with van der Waals surface area (Å²) in [6.45, 7) is 5.24. The van der Waals surface area contributed by atoms with Gasteiger partial charge >= 0.3 is 0 Å². The zero-order valence-corrected chi connectivity index (χ0v) is 14.5. The molecule has 132 valence electrons. The molecule has 0 radical (unpaired) electrons. The van der Waals surface area contributed by atoms with Crippen molar-refractivity contribution in [2.75, 3.05) is 13.2 Å². The Morgan fingerprint density at radius 2 is 1.76 bits per heavy atom. The highest BCUT2D eigenvalue weighted by Gasteiger charge is 2.21. The molecule has 5 heteroatoms. The molecule has 0 saturated carbocycles. The third-order valence-corrected chi connectivity index (χ3v) is 4.21. The number of carbonyl (C=O) groups excluding carboxylic acids is 1. The van der Waals surface area contributed by atoms with Crippen LogP contribution in [0.3, 0.4) is 0 Å². The number of phenolic OH excluding ortho intramolecular Hbond substituents is 1. The summed E-state index contributed by atoms with van der Waals surface area (Å²) in [5.41, 5.74) is 1.86. The van der Waals surface area contributed by atoms with E-state index in [1.54, 1.807) is 24.3 Å². The van der Waals surface area contributed by atoms with Crippen molar-refractivity contribution < 1.29 is 19.4 Å². The van der Waals surface area contributed by atoms with Crippen LogP contribution >= 0.6 is 0 Å². The van der Waals surface area contributed by atoms with E-state index in [1.165, 1.54) is 0 Å². The van der Waals surface area contributed by atoms with Crippen LogP contribution in [0.25, 0.3) is 0 Å². The third-order valence-electron chi connectivity index (χ3n) is 4.21. The summed E-state index contributed by atoms with van der Waals surface area (Å²) in [5.74, 6) is 1.83. The fourth-order valence-electron chi connectivity index (χ4n) is 2.91. The van der Waals surface area contributed by atoms with Gasteiger partial charge in [-0.05, 0) is 41.3 Å². The second-order valence-electron chi connectivity index (χ2n) is 6.54. The molecule has 1 heterocycles. The highest BCUT2D eigenvalue weighted by Crippen LogP contribution is 2.34. The predicted molar refractivity (Wildman–Crippen MR) is 95.0 cm³/mol. The minimum absolute atomic E-state index is 0.0562. The van der Waals surface area contributed by atoms with E-state index >= 15 is 0 Å². The van der Waals surface area contributed by atoms with Gasteiger partial charge in [0.05, 0.1) is 12.5 Å². The number of amides is 1. The van der Waals surface area contributed by atoms with Gasteiger partial charge in [0.1, 0.15) is 19.0 Å². The van der Waals surface area contributed by atoms with Crippen molar-refractivity contribution in [1.82, 2.24) is 5.32 Å². The van der Waals surface area contributed by atoms with E-state index in [0.717, 1.165) is 22.6 Å². The standard InChI is InChI=1S/C20H23NO4/c1-13(2)20(15-5-8-17-18(12-15)25-10-9-24-17)21-19(23)11-14-3-6-16(22)7-4-14/h3-8,12-13,20,22H,9-11H2,1-2H3,(H,21,23). The minimum Gasteiger partial charge on any atom is -0.508 e. The average molecular weight is 341 g/mol. The molecule has 0 saturated heterocycles. The van der Waals surface area contributed by atoms with Crippen LogP contribution in [0.5, 0.6) is 17.2 Å². The Balaban J connectivity index is 1.72. The molecule has 0 aromatic heterocycles. The lowest BCUT2D eigenvalue weighted by molar-refractivity contribution is -0.121. The summed E-state index contributed by atoms with van der Waals surface area (Å²) in [7, 11) is 0. The maximum absolute atomic E-state index is 12.4. The number of hydrogen-bond acceptors (Lipinski definition) is 4. The number of hydrogen-bond donors (Lipinski definition) is 2. The van der Waals surface area contributed by atoms with E-state index in [0.29, 0.717) is 13.2 Å². The van der Waals surface area contributed by atoms with Crippen LogP contribution in [0.2, 0.25) is 0 Å². The Kier molecular flexibility index (Phi) is 5.12. The van der Waals surface area contributed by atoms with Crippen LogP contribution in [0.4, 0.5) is 0 Å².